The predicted octanol–water partition coefficient (Wildman–Crippen LogP) is 4.26. The molecule has 0 unspecified atom stereocenters. The zero-order chi connectivity index (χ0) is 21.2. The Hall–Kier alpha value is -2.64. The predicted molar refractivity (Wildman–Crippen MR) is 113 cm³/mol. The van der Waals surface area contributed by atoms with E-state index in [1.807, 2.05) is 37.3 Å². The van der Waals surface area contributed by atoms with Gasteiger partial charge in [-0.3, -0.25) is 4.79 Å². The molecule has 0 aliphatic heterocycles. The van der Waals surface area contributed by atoms with Crippen LogP contribution in [0, 0.1) is 6.92 Å². The summed E-state index contributed by atoms with van der Waals surface area (Å²) in [4.78, 5) is 13.0. The van der Waals surface area contributed by atoms with Gasteiger partial charge in [0.15, 0.2) is 0 Å². The molecule has 6 nitrogen and oxygen atoms in total. The fourth-order valence-electron chi connectivity index (χ4n) is 3.28. The first-order valence-electron chi connectivity index (χ1n) is 9.68. The van der Waals surface area contributed by atoms with E-state index in [1.165, 1.54) is 10.4 Å². The van der Waals surface area contributed by atoms with Gasteiger partial charge in [-0.2, -0.15) is 4.31 Å². The Morgan fingerprint density at radius 2 is 1.79 bits per heavy atom. The van der Waals surface area contributed by atoms with Crippen molar-refractivity contribution in [3.05, 3.63) is 65.4 Å². The summed E-state index contributed by atoms with van der Waals surface area (Å²) in [5.41, 5.74) is 1.80. The van der Waals surface area contributed by atoms with Gasteiger partial charge in [-0.25, -0.2) is 8.42 Å². The van der Waals surface area contributed by atoms with Crippen LogP contribution in [0.1, 0.15) is 48.5 Å². The molecule has 0 spiro atoms. The minimum absolute atomic E-state index is 0.119. The number of nitrogens with zero attached hydrogens (tertiary/aromatic N) is 1. The quantitative estimate of drug-likeness (QED) is 0.626. The molecule has 1 aromatic heterocycles. The Morgan fingerprint density at radius 3 is 2.45 bits per heavy atom. The second-order valence-electron chi connectivity index (χ2n) is 6.95. The van der Waals surface area contributed by atoms with Gasteiger partial charge in [0, 0.05) is 24.0 Å². The van der Waals surface area contributed by atoms with Crippen LogP contribution < -0.4 is 5.32 Å². The fraction of sp³-hybridized carbons (Fsp3) is 0.318. The molecule has 3 aromatic rings. The highest BCUT2D eigenvalue weighted by atomic mass is 32.2. The van der Waals surface area contributed by atoms with Crippen molar-refractivity contribution in [2.45, 2.75) is 38.6 Å². The first-order valence-corrected chi connectivity index (χ1v) is 11.1. The van der Waals surface area contributed by atoms with E-state index in [4.69, 9.17) is 4.42 Å². The number of para-hydroxylation sites is 1. The highest BCUT2D eigenvalue weighted by Gasteiger charge is 2.24. The third-order valence-corrected chi connectivity index (χ3v) is 7.06. The molecule has 7 heteroatoms. The van der Waals surface area contributed by atoms with Crippen molar-refractivity contribution in [2.75, 3.05) is 13.1 Å². The van der Waals surface area contributed by atoms with Crippen LogP contribution >= 0.6 is 0 Å². The topological polar surface area (TPSA) is 79.6 Å². The molecule has 0 saturated heterocycles. The highest BCUT2D eigenvalue weighted by molar-refractivity contribution is 7.89. The lowest BCUT2D eigenvalue weighted by molar-refractivity contribution is 0.0935. The van der Waals surface area contributed by atoms with Gasteiger partial charge in [-0.15, -0.1) is 0 Å². The first kappa shape index (κ1) is 21.1. The van der Waals surface area contributed by atoms with Gasteiger partial charge in [0.1, 0.15) is 11.3 Å². The van der Waals surface area contributed by atoms with Crippen molar-refractivity contribution in [1.82, 2.24) is 9.62 Å². The van der Waals surface area contributed by atoms with E-state index in [2.05, 4.69) is 5.32 Å². The van der Waals surface area contributed by atoms with Crippen molar-refractivity contribution < 1.29 is 17.6 Å². The highest BCUT2D eigenvalue weighted by Crippen LogP contribution is 2.25. The zero-order valence-electron chi connectivity index (χ0n) is 17.1. The van der Waals surface area contributed by atoms with Crippen LogP contribution in [0.3, 0.4) is 0 Å². The molecule has 1 atom stereocenters. The van der Waals surface area contributed by atoms with Crippen molar-refractivity contribution in [3.8, 4) is 0 Å². The summed E-state index contributed by atoms with van der Waals surface area (Å²) in [6, 6.07) is 13.8. The van der Waals surface area contributed by atoms with E-state index < -0.39 is 10.0 Å². The van der Waals surface area contributed by atoms with Crippen LogP contribution in [0.4, 0.5) is 0 Å². The van der Waals surface area contributed by atoms with Gasteiger partial charge in [-0.1, -0.05) is 38.1 Å². The van der Waals surface area contributed by atoms with Crippen LogP contribution in [0.15, 0.2) is 57.8 Å². The van der Waals surface area contributed by atoms with Crippen LogP contribution in [0.25, 0.3) is 11.0 Å². The molecule has 0 saturated carbocycles. The monoisotopic (exact) mass is 414 g/mol. The van der Waals surface area contributed by atoms with Gasteiger partial charge in [0.05, 0.1) is 10.9 Å². The van der Waals surface area contributed by atoms with E-state index in [9.17, 15) is 13.2 Å². The average Bonchev–Trinajstić information content (AvgIpc) is 3.13. The lowest BCUT2D eigenvalue weighted by atomic mass is 10.1. The number of fused-ring (bicyclic) bond motifs is 1. The van der Waals surface area contributed by atoms with Crippen LogP contribution in [0.2, 0.25) is 0 Å². The fourth-order valence-corrected chi connectivity index (χ4v) is 4.76. The van der Waals surface area contributed by atoms with Gasteiger partial charge >= 0.3 is 0 Å². The lowest BCUT2D eigenvalue weighted by Crippen LogP contribution is -2.31. The van der Waals surface area contributed by atoms with Crippen molar-refractivity contribution >= 4 is 26.9 Å². The maximum absolute atomic E-state index is 12.9. The minimum Gasteiger partial charge on any atom is -0.459 e. The zero-order valence-corrected chi connectivity index (χ0v) is 17.9. The van der Waals surface area contributed by atoms with E-state index in [0.717, 1.165) is 11.0 Å². The summed E-state index contributed by atoms with van der Waals surface area (Å²) in [7, 11) is -3.64. The molecule has 0 bridgehead atoms. The van der Waals surface area contributed by atoms with E-state index in [1.54, 1.807) is 32.9 Å². The minimum atomic E-state index is -3.64. The Labute approximate surface area is 171 Å². The number of rotatable bonds is 7. The number of furan rings is 1. The van der Waals surface area contributed by atoms with Crippen LogP contribution in [-0.2, 0) is 10.0 Å². The summed E-state index contributed by atoms with van der Waals surface area (Å²) in [6.07, 6.45) is 0. The molecule has 0 radical (unpaired) electrons. The molecule has 29 heavy (non-hydrogen) atoms. The number of sulfonamides is 1. The number of carbonyl (C=O) groups is 1. The molecule has 0 aliphatic carbocycles. The second kappa shape index (κ2) is 8.39. The second-order valence-corrected chi connectivity index (χ2v) is 8.89. The van der Waals surface area contributed by atoms with Crippen molar-refractivity contribution in [1.29, 1.82) is 0 Å². The average molecular weight is 415 g/mol. The Morgan fingerprint density at radius 1 is 1.10 bits per heavy atom. The molecular formula is C22H26N2O4S. The molecule has 0 aliphatic rings. The number of hydrogen-bond acceptors (Lipinski definition) is 4. The Kier molecular flexibility index (Phi) is 6.10. The van der Waals surface area contributed by atoms with Crippen LogP contribution in [0.5, 0.6) is 0 Å². The summed E-state index contributed by atoms with van der Waals surface area (Å²) in [5.74, 6) is 0.302. The Balaban J connectivity index is 1.87. The summed E-state index contributed by atoms with van der Waals surface area (Å²) in [6.45, 7) is 7.94. The standard InChI is InChI=1S/C22H26N2O4S/c1-5-24(6-2)29(26,27)18-12-11-15(3)19(14-18)22(25)23-16(4)21-13-17-9-7-8-10-20(17)28-21/h7-14,16H,5-6H2,1-4H3,(H,23,25)/t16-/m1/s1. The smallest absolute Gasteiger partial charge is 0.252 e. The van der Waals surface area contributed by atoms with Gasteiger partial charge in [0.2, 0.25) is 10.0 Å². The number of nitrogens with one attached hydrogen (secondary N) is 1. The SMILES string of the molecule is CCN(CC)S(=O)(=O)c1ccc(C)c(C(=O)N[C@H](C)c2cc3ccccc3o2)c1. The first-order chi connectivity index (χ1) is 13.8. The number of aryl methyl sites for hydroxylation is 1. The van der Waals surface area contributed by atoms with E-state index >= 15 is 0 Å². The summed E-state index contributed by atoms with van der Waals surface area (Å²) < 4.78 is 32.8. The largest absolute Gasteiger partial charge is 0.459 e. The van der Waals surface area contributed by atoms with Crippen molar-refractivity contribution in [2.24, 2.45) is 0 Å². The lowest BCUT2D eigenvalue weighted by Gasteiger charge is -2.19. The van der Waals surface area contributed by atoms with Gasteiger partial charge in [-0.05, 0) is 43.7 Å². The maximum atomic E-state index is 12.9. The Bertz CT molecular complexity index is 1100. The number of hydrogen-bond donors (Lipinski definition) is 1. The summed E-state index contributed by atoms with van der Waals surface area (Å²) in [5, 5.41) is 3.87. The van der Waals surface area contributed by atoms with Gasteiger partial charge in [0.25, 0.3) is 5.91 Å². The maximum Gasteiger partial charge on any atom is 0.252 e. The molecule has 2 aromatic carbocycles. The normalized spacial score (nSPS) is 13.0. The number of carbonyl (C=O) groups excluding carboxylic acids is 1. The number of amides is 1. The van der Waals surface area contributed by atoms with Gasteiger partial charge < -0.3 is 9.73 Å². The molecular weight excluding hydrogens is 388 g/mol. The van der Waals surface area contributed by atoms with E-state index in [-0.39, 0.29) is 16.8 Å². The van der Waals surface area contributed by atoms with Crippen molar-refractivity contribution in [3.63, 3.8) is 0 Å². The number of benzene rings is 2. The van der Waals surface area contributed by atoms with Crippen LogP contribution in [-0.4, -0.2) is 31.7 Å². The van der Waals surface area contributed by atoms with E-state index in [0.29, 0.717) is 30.0 Å². The molecule has 154 valence electrons. The third kappa shape index (κ3) is 4.21. The molecule has 3 rings (SSSR count). The molecule has 1 heterocycles. The third-order valence-electron chi connectivity index (χ3n) is 5.02. The molecule has 1 N–H and O–H groups in total. The molecule has 0 fully saturated rings. The molecule has 1 amide bonds. The summed E-state index contributed by atoms with van der Waals surface area (Å²) >= 11 is 0.